The van der Waals surface area contributed by atoms with Gasteiger partial charge in [0.25, 0.3) is 0 Å². The maximum Gasteiger partial charge on any atom is 0.240 e. The van der Waals surface area contributed by atoms with Crippen molar-refractivity contribution in [3.63, 3.8) is 0 Å². The van der Waals surface area contributed by atoms with Gasteiger partial charge in [-0.15, -0.1) is 0 Å². The second-order valence-corrected chi connectivity index (χ2v) is 6.52. The van der Waals surface area contributed by atoms with Crippen LogP contribution < -0.4 is 10.5 Å². The maximum atomic E-state index is 13.1. The molecule has 1 aliphatic carbocycles. The normalized spacial score (nSPS) is 24.4. The van der Waals surface area contributed by atoms with E-state index in [0.717, 1.165) is 25.0 Å². The molecule has 0 aromatic heterocycles. The van der Waals surface area contributed by atoms with Crippen molar-refractivity contribution in [1.82, 2.24) is 4.72 Å². The molecule has 106 valence electrons. The van der Waals surface area contributed by atoms with Crippen molar-refractivity contribution < 1.29 is 17.2 Å². The topological polar surface area (TPSA) is 72.2 Å². The van der Waals surface area contributed by atoms with Crippen molar-refractivity contribution in [3.05, 3.63) is 29.8 Å². The van der Waals surface area contributed by atoms with E-state index in [9.17, 15) is 17.2 Å². The molecule has 0 atom stereocenters. The zero-order valence-electron chi connectivity index (χ0n) is 10.3. The Hall–Kier alpha value is -1.05. The summed E-state index contributed by atoms with van der Waals surface area (Å²) in [6.07, 6.45) is 2.82. The van der Waals surface area contributed by atoms with E-state index < -0.39 is 21.7 Å². The highest BCUT2D eigenvalue weighted by molar-refractivity contribution is 7.89. The first-order valence-corrected chi connectivity index (χ1v) is 7.60. The number of sulfonamides is 1. The summed E-state index contributed by atoms with van der Waals surface area (Å²) in [5, 5.41) is 0. The molecule has 0 saturated heterocycles. The minimum Gasteiger partial charge on any atom is -0.328 e. The summed E-state index contributed by atoms with van der Waals surface area (Å²) in [6.45, 7) is 0. The van der Waals surface area contributed by atoms with E-state index in [1.807, 2.05) is 0 Å². The first-order chi connectivity index (χ1) is 8.88. The zero-order valence-corrected chi connectivity index (χ0v) is 11.1. The van der Waals surface area contributed by atoms with Crippen LogP contribution in [0.5, 0.6) is 0 Å². The molecule has 2 rings (SSSR count). The van der Waals surface area contributed by atoms with Crippen LogP contribution in [0.1, 0.15) is 25.7 Å². The van der Waals surface area contributed by atoms with Crippen molar-refractivity contribution >= 4 is 10.0 Å². The van der Waals surface area contributed by atoms with Gasteiger partial charge in [-0.3, -0.25) is 0 Å². The molecule has 0 heterocycles. The second-order valence-electron chi connectivity index (χ2n) is 4.81. The third-order valence-electron chi connectivity index (χ3n) is 3.30. The lowest BCUT2D eigenvalue weighted by molar-refractivity contribution is 0.373. The molecule has 0 radical (unpaired) electrons. The lowest BCUT2D eigenvalue weighted by Gasteiger charge is -2.26. The molecule has 4 nitrogen and oxygen atoms in total. The van der Waals surface area contributed by atoms with Crippen LogP contribution in [0.15, 0.2) is 23.1 Å². The minimum absolute atomic E-state index is 0.115. The Balaban J connectivity index is 2.11. The molecule has 7 heteroatoms. The average Bonchev–Trinajstić information content (AvgIpc) is 2.35. The molecule has 0 aliphatic heterocycles. The van der Waals surface area contributed by atoms with Gasteiger partial charge in [0.15, 0.2) is 11.6 Å². The standard InChI is InChI=1S/C12H16F2N2O2S/c13-11-6-5-10(7-12(11)14)19(17,18)16-9-3-1-8(15)2-4-9/h5-9,16H,1-4,15H2. The summed E-state index contributed by atoms with van der Waals surface area (Å²) in [7, 11) is -3.81. The maximum absolute atomic E-state index is 13.1. The summed E-state index contributed by atoms with van der Waals surface area (Å²) in [5.74, 6) is -2.24. The van der Waals surface area contributed by atoms with Gasteiger partial charge in [-0.25, -0.2) is 21.9 Å². The van der Waals surface area contributed by atoms with Gasteiger partial charge in [0.2, 0.25) is 10.0 Å². The van der Waals surface area contributed by atoms with Crippen molar-refractivity contribution in [2.24, 2.45) is 5.73 Å². The highest BCUT2D eigenvalue weighted by Gasteiger charge is 2.24. The molecule has 1 aromatic rings. The van der Waals surface area contributed by atoms with Crippen LogP contribution in [0.25, 0.3) is 0 Å². The van der Waals surface area contributed by atoms with Crippen LogP contribution in [0.2, 0.25) is 0 Å². The van der Waals surface area contributed by atoms with E-state index in [1.54, 1.807) is 0 Å². The fraction of sp³-hybridized carbons (Fsp3) is 0.500. The zero-order chi connectivity index (χ0) is 14.0. The summed E-state index contributed by atoms with van der Waals surface area (Å²) in [6, 6.07) is 2.46. The molecule has 1 fully saturated rings. The molecular weight excluding hydrogens is 274 g/mol. The second kappa shape index (κ2) is 5.52. The minimum atomic E-state index is -3.81. The van der Waals surface area contributed by atoms with Crippen LogP contribution in [0.4, 0.5) is 8.78 Å². The average molecular weight is 290 g/mol. The molecule has 0 amide bonds. The number of nitrogens with two attached hydrogens (primary N) is 1. The Kier molecular flexibility index (Phi) is 4.17. The number of halogens is 2. The summed E-state index contributed by atoms with van der Waals surface area (Å²) in [4.78, 5) is -0.263. The third-order valence-corrected chi connectivity index (χ3v) is 4.81. The number of hydrogen-bond acceptors (Lipinski definition) is 3. The Labute approximate surface area is 111 Å². The Morgan fingerprint density at radius 3 is 2.32 bits per heavy atom. The molecule has 1 aromatic carbocycles. The largest absolute Gasteiger partial charge is 0.328 e. The van der Waals surface area contributed by atoms with Gasteiger partial charge in [-0.05, 0) is 43.9 Å². The van der Waals surface area contributed by atoms with E-state index in [1.165, 1.54) is 0 Å². The van der Waals surface area contributed by atoms with E-state index in [0.29, 0.717) is 18.9 Å². The first kappa shape index (κ1) is 14.4. The van der Waals surface area contributed by atoms with Gasteiger partial charge in [0.1, 0.15) is 0 Å². The van der Waals surface area contributed by atoms with Crippen LogP contribution in [-0.4, -0.2) is 20.5 Å². The molecule has 0 bridgehead atoms. The number of benzene rings is 1. The van der Waals surface area contributed by atoms with Gasteiger partial charge in [-0.2, -0.15) is 0 Å². The Morgan fingerprint density at radius 1 is 1.11 bits per heavy atom. The van der Waals surface area contributed by atoms with Crippen molar-refractivity contribution in [1.29, 1.82) is 0 Å². The highest BCUT2D eigenvalue weighted by atomic mass is 32.2. The van der Waals surface area contributed by atoms with Gasteiger partial charge >= 0.3 is 0 Å². The summed E-state index contributed by atoms with van der Waals surface area (Å²) in [5.41, 5.74) is 5.74. The van der Waals surface area contributed by atoms with E-state index >= 15 is 0 Å². The van der Waals surface area contributed by atoms with Crippen molar-refractivity contribution in [2.75, 3.05) is 0 Å². The molecule has 0 unspecified atom stereocenters. The summed E-state index contributed by atoms with van der Waals surface area (Å²) >= 11 is 0. The predicted molar refractivity (Wildman–Crippen MR) is 66.9 cm³/mol. The molecule has 0 spiro atoms. The number of nitrogens with one attached hydrogen (secondary N) is 1. The Bertz CT molecular complexity index is 555. The number of hydrogen-bond donors (Lipinski definition) is 2. The van der Waals surface area contributed by atoms with Crippen LogP contribution in [0, 0.1) is 11.6 Å². The fourth-order valence-corrected chi connectivity index (χ4v) is 3.48. The van der Waals surface area contributed by atoms with Crippen LogP contribution in [-0.2, 0) is 10.0 Å². The molecule has 1 aliphatic rings. The molecule has 3 N–H and O–H groups in total. The smallest absolute Gasteiger partial charge is 0.240 e. The fourth-order valence-electron chi connectivity index (χ4n) is 2.17. The van der Waals surface area contributed by atoms with E-state index in [-0.39, 0.29) is 17.0 Å². The predicted octanol–water partition coefficient (Wildman–Crippen LogP) is 1.51. The molecular formula is C12H16F2N2O2S. The lowest BCUT2D eigenvalue weighted by atomic mass is 9.93. The summed E-state index contributed by atoms with van der Waals surface area (Å²) < 4.78 is 52.4. The number of rotatable bonds is 3. The van der Waals surface area contributed by atoms with Gasteiger partial charge in [0, 0.05) is 12.1 Å². The Morgan fingerprint density at radius 2 is 1.74 bits per heavy atom. The first-order valence-electron chi connectivity index (χ1n) is 6.11. The lowest BCUT2D eigenvalue weighted by Crippen LogP contribution is -2.40. The van der Waals surface area contributed by atoms with Crippen LogP contribution >= 0.6 is 0 Å². The van der Waals surface area contributed by atoms with E-state index in [4.69, 9.17) is 5.73 Å². The van der Waals surface area contributed by atoms with E-state index in [2.05, 4.69) is 4.72 Å². The molecule has 1 saturated carbocycles. The monoisotopic (exact) mass is 290 g/mol. The highest BCUT2D eigenvalue weighted by Crippen LogP contribution is 2.20. The quantitative estimate of drug-likeness (QED) is 0.886. The van der Waals surface area contributed by atoms with Gasteiger partial charge in [0.05, 0.1) is 4.90 Å². The van der Waals surface area contributed by atoms with Crippen molar-refractivity contribution in [3.8, 4) is 0 Å². The SMILES string of the molecule is NC1CCC(NS(=O)(=O)c2ccc(F)c(F)c2)CC1. The van der Waals surface area contributed by atoms with Gasteiger partial charge < -0.3 is 5.73 Å². The third kappa shape index (κ3) is 3.49. The van der Waals surface area contributed by atoms with Crippen molar-refractivity contribution in [2.45, 2.75) is 42.7 Å². The van der Waals surface area contributed by atoms with Gasteiger partial charge in [-0.1, -0.05) is 0 Å². The van der Waals surface area contributed by atoms with Crippen LogP contribution in [0.3, 0.4) is 0 Å². The molecule has 19 heavy (non-hydrogen) atoms.